The Balaban J connectivity index is 1.73. The maximum absolute atomic E-state index is 13.0. The molecule has 2 aromatic rings. The lowest BCUT2D eigenvalue weighted by Gasteiger charge is -2.40. The molecular weight excluding hydrogens is 342 g/mol. The number of carbonyl (C=O) groups is 2. The van der Waals surface area contributed by atoms with E-state index in [9.17, 15) is 9.59 Å². The predicted molar refractivity (Wildman–Crippen MR) is 104 cm³/mol. The van der Waals surface area contributed by atoms with Crippen molar-refractivity contribution in [2.24, 2.45) is 5.92 Å². The molecule has 7 nitrogen and oxygen atoms in total. The van der Waals surface area contributed by atoms with Crippen LogP contribution in [0, 0.1) is 19.8 Å². The highest BCUT2D eigenvalue weighted by molar-refractivity contribution is 5.95. The number of piperazine rings is 1. The van der Waals surface area contributed by atoms with Crippen molar-refractivity contribution in [3.8, 4) is 0 Å². The van der Waals surface area contributed by atoms with Crippen LogP contribution in [0.4, 0.5) is 0 Å². The summed E-state index contributed by atoms with van der Waals surface area (Å²) in [6.07, 6.45) is 3.88. The Labute approximate surface area is 159 Å². The van der Waals surface area contributed by atoms with E-state index in [0.29, 0.717) is 31.6 Å². The van der Waals surface area contributed by atoms with Gasteiger partial charge in [0.2, 0.25) is 5.91 Å². The Hall–Kier alpha value is -2.70. The first-order chi connectivity index (χ1) is 12.8. The number of allylic oxidation sites excluding steroid dienone is 1. The highest BCUT2D eigenvalue weighted by atomic mass is 16.2. The third-order valence-corrected chi connectivity index (χ3v) is 5.21. The molecule has 2 amide bonds. The van der Waals surface area contributed by atoms with Gasteiger partial charge in [0.1, 0.15) is 0 Å². The second-order valence-corrected chi connectivity index (χ2v) is 7.42. The molecule has 2 aromatic heterocycles. The van der Waals surface area contributed by atoms with Crippen molar-refractivity contribution in [2.45, 2.75) is 40.2 Å². The Kier molecular flexibility index (Phi) is 5.30. The van der Waals surface area contributed by atoms with Gasteiger partial charge in [0.25, 0.3) is 5.91 Å². The standard InChI is InChI=1S/C20H27N5O2/c1-6-13(2)9-19(26)24-8-7-23(12-15(24)4)20(27)17-11-21-18-10-14(3)22-25(18)16(17)5/h6,10-11,13,15H,1,7-9,12H2,2-5H3/t13?,15-/m0/s1. The molecule has 0 radical (unpaired) electrons. The quantitative estimate of drug-likeness (QED) is 0.775. The van der Waals surface area contributed by atoms with E-state index in [0.717, 1.165) is 17.0 Å². The molecule has 1 unspecified atom stereocenters. The molecule has 0 aromatic carbocycles. The van der Waals surface area contributed by atoms with E-state index in [-0.39, 0.29) is 23.8 Å². The molecule has 0 saturated carbocycles. The van der Waals surface area contributed by atoms with Crippen LogP contribution in [-0.4, -0.2) is 61.9 Å². The zero-order valence-corrected chi connectivity index (χ0v) is 16.5. The highest BCUT2D eigenvalue weighted by Crippen LogP contribution is 2.18. The number of aromatic nitrogens is 3. The molecule has 144 valence electrons. The monoisotopic (exact) mass is 369 g/mol. The first kappa shape index (κ1) is 19.1. The van der Waals surface area contributed by atoms with Gasteiger partial charge in [-0.15, -0.1) is 6.58 Å². The molecule has 3 rings (SSSR count). The molecule has 2 atom stereocenters. The maximum atomic E-state index is 13.0. The van der Waals surface area contributed by atoms with Gasteiger partial charge in [-0.2, -0.15) is 5.10 Å². The summed E-state index contributed by atoms with van der Waals surface area (Å²) in [6.45, 7) is 13.1. The van der Waals surface area contributed by atoms with E-state index >= 15 is 0 Å². The van der Waals surface area contributed by atoms with Crippen molar-refractivity contribution in [1.29, 1.82) is 0 Å². The van der Waals surface area contributed by atoms with Crippen molar-refractivity contribution >= 4 is 17.5 Å². The minimum atomic E-state index is -0.0616. The summed E-state index contributed by atoms with van der Waals surface area (Å²) in [6, 6.07) is 1.87. The number of amides is 2. The van der Waals surface area contributed by atoms with Crippen molar-refractivity contribution in [3.63, 3.8) is 0 Å². The van der Waals surface area contributed by atoms with Gasteiger partial charge in [-0.25, -0.2) is 9.50 Å². The normalized spacial score (nSPS) is 18.6. The van der Waals surface area contributed by atoms with Crippen LogP contribution in [0.25, 0.3) is 5.65 Å². The summed E-state index contributed by atoms with van der Waals surface area (Å²) >= 11 is 0. The fourth-order valence-corrected chi connectivity index (χ4v) is 3.53. The number of carbonyl (C=O) groups excluding carboxylic acids is 2. The third kappa shape index (κ3) is 3.72. The van der Waals surface area contributed by atoms with Gasteiger partial charge in [-0.1, -0.05) is 13.0 Å². The number of fused-ring (bicyclic) bond motifs is 1. The topological polar surface area (TPSA) is 70.8 Å². The SMILES string of the molecule is C=CC(C)CC(=O)N1CCN(C(=O)c2cnc3cc(C)nn3c2C)C[C@@H]1C. The lowest BCUT2D eigenvalue weighted by molar-refractivity contribution is -0.135. The molecule has 27 heavy (non-hydrogen) atoms. The number of rotatable bonds is 4. The zero-order valence-electron chi connectivity index (χ0n) is 16.5. The second-order valence-electron chi connectivity index (χ2n) is 7.42. The summed E-state index contributed by atoms with van der Waals surface area (Å²) in [4.78, 5) is 33.6. The number of hydrogen-bond donors (Lipinski definition) is 0. The molecule has 1 aliphatic rings. The number of hydrogen-bond acceptors (Lipinski definition) is 4. The van der Waals surface area contributed by atoms with Crippen LogP contribution in [0.2, 0.25) is 0 Å². The van der Waals surface area contributed by atoms with Crippen molar-refractivity contribution < 1.29 is 9.59 Å². The average Bonchev–Trinajstić information content (AvgIpc) is 3.02. The van der Waals surface area contributed by atoms with Crippen LogP contribution in [0.3, 0.4) is 0 Å². The molecule has 3 heterocycles. The first-order valence-electron chi connectivity index (χ1n) is 9.35. The maximum Gasteiger partial charge on any atom is 0.257 e. The Morgan fingerprint density at radius 1 is 1.37 bits per heavy atom. The van der Waals surface area contributed by atoms with Gasteiger partial charge in [0.15, 0.2) is 5.65 Å². The highest BCUT2D eigenvalue weighted by Gasteiger charge is 2.31. The predicted octanol–water partition coefficient (Wildman–Crippen LogP) is 2.23. The minimum absolute atomic E-state index is 0.0174. The summed E-state index contributed by atoms with van der Waals surface area (Å²) < 4.78 is 1.71. The summed E-state index contributed by atoms with van der Waals surface area (Å²) in [7, 11) is 0. The second kappa shape index (κ2) is 7.50. The lowest BCUT2D eigenvalue weighted by atomic mass is 10.1. The summed E-state index contributed by atoms with van der Waals surface area (Å²) in [5.74, 6) is 0.212. The lowest BCUT2D eigenvalue weighted by Crippen LogP contribution is -2.55. The number of nitrogens with zero attached hydrogens (tertiary/aromatic N) is 5. The smallest absolute Gasteiger partial charge is 0.257 e. The zero-order chi connectivity index (χ0) is 19.7. The molecule has 1 aliphatic heterocycles. The van der Waals surface area contributed by atoms with Crippen molar-refractivity contribution in [2.75, 3.05) is 19.6 Å². The molecule has 0 spiro atoms. The van der Waals surface area contributed by atoms with Gasteiger partial charge >= 0.3 is 0 Å². The molecule has 0 bridgehead atoms. The van der Waals surface area contributed by atoms with Crippen LogP contribution in [-0.2, 0) is 4.79 Å². The fraction of sp³-hybridized carbons (Fsp3) is 0.500. The molecule has 1 saturated heterocycles. The molecule has 0 N–H and O–H groups in total. The van der Waals surface area contributed by atoms with E-state index < -0.39 is 0 Å². The van der Waals surface area contributed by atoms with Gasteiger partial charge in [0.05, 0.1) is 17.0 Å². The van der Waals surface area contributed by atoms with Crippen molar-refractivity contribution in [3.05, 3.63) is 41.9 Å². The van der Waals surface area contributed by atoms with Gasteiger partial charge in [-0.3, -0.25) is 9.59 Å². The fourth-order valence-electron chi connectivity index (χ4n) is 3.53. The molecular formula is C20H27N5O2. The third-order valence-electron chi connectivity index (χ3n) is 5.21. The number of aryl methyl sites for hydroxylation is 2. The Bertz CT molecular complexity index is 888. The van der Waals surface area contributed by atoms with E-state index in [1.54, 1.807) is 21.7 Å². The van der Waals surface area contributed by atoms with Crippen LogP contribution in [0.15, 0.2) is 24.9 Å². The van der Waals surface area contributed by atoms with Crippen LogP contribution in [0.5, 0.6) is 0 Å². The Morgan fingerprint density at radius 2 is 2.11 bits per heavy atom. The minimum Gasteiger partial charge on any atom is -0.336 e. The van der Waals surface area contributed by atoms with E-state index in [1.165, 1.54) is 0 Å². The van der Waals surface area contributed by atoms with E-state index in [4.69, 9.17) is 0 Å². The largest absolute Gasteiger partial charge is 0.336 e. The van der Waals surface area contributed by atoms with Crippen molar-refractivity contribution in [1.82, 2.24) is 24.4 Å². The van der Waals surface area contributed by atoms with Crippen LogP contribution >= 0.6 is 0 Å². The molecule has 0 aliphatic carbocycles. The van der Waals surface area contributed by atoms with E-state index in [2.05, 4.69) is 16.7 Å². The van der Waals surface area contributed by atoms with Gasteiger partial charge < -0.3 is 9.80 Å². The van der Waals surface area contributed by atoms with Gasteiger partial charge in [0, 0.05) is 44.4 Å². The Morgan fingerprint density at radius 3 is 2.78 bits per heavy atom. The molecule has 7 heteroatoms. The van der Waals surface area contributed by atoms with E-state index in [1.807, 2.05) is 38.7 Å². The first-order valence-corrected chi connectivity index (χ1v) is 9.35. The average molecular weight is 369 g/mol. The van der Waals surface area contributed by atoms with Gasteiger partial charge in [-0.05, 0) is 26.7 Å². The van der Waals surface area contributed by atoms with Crippen LogP contribution in [0.1, 0.15) is 42.0 Å². The molecule has 1 fully saturated rings. The summed E-state index contributed by atoms with van der Waals surface area (Å²) in [5.41, 5.74) is 2.94. The van der Waals surface area contributed by atoms with Crippen LogP contribution < -0.4 is 0 Å². The summed E-state index contributed by atoms with van der Waals surface area (Å²) in [5, 5.41) is 4.41.